The number of rotatable bonds is 18. The number of hydrogen-bond acceptors (Lipinski definition) is 8. The number of hydrogen-bond donors (Lipinski definition) is 1. The van der Waals surface area contributed by atoms with Crippen molar-refractivity contribution in [3.8, 4) is 17.2 Å². The average Bonchev–Trinajstić information content (AvgIpc) is 3.32. The Morgan fingerprint density at radius 1 is 0.635 bits per heavy atom. The molecule has 0 fully saturated rings. The van der Waals surface area contributed by atoms with Gasteiger partial charge in [0.25, 0.3) is 20.0 Å². The molecule has 1 unspecified atom stereocenters. The van der Waals surface area contributed by atoms with Gasteiger partial charge in [-0.15, -0.1) is 0 Å². The second-order valence-corrected chi connectivity index (χ2v) is 24.7. The molecule has 394 valence electrons. The van der Waals surface area contributed by atoms with Crippen molar-refractivity contribution >= 4 is 41.8 Å². The van der Waals surface area contributed by atoms with Crippen LogP contribution in [0.1, 0.15) is 141 Å². The van der Waals surface area contributed by atoms with Gasteiger partial charge in [0.2, 0.25) is 0 Å². The van der Waals surface area contributed by atoms with Crippen LogP contribution in [0.5, 0.6) is 17.2 Å². The first-order valence-corrected chi connectivity index (χ1v) is 28.3. The number of nitrogens with one attached hydrogen (secondary N) is 1. The first-order chi connectivity index (χ1) is 34.5. The van der Waals surface area contributed by atoms with Crippen LogP contribution in [0.3, 0.4) is 0 Å². The summed E-state index contributed by atoms with van der Waals surface area (Å²) in [7, 11) is -20.6. The van der Waals surface area contributed by atoms with Gasteiger partial charge >= 0.3 is 26.5 Å². The first kappa shape index (κ1) is 55.8. The molecule has 0 radical (unpaired) electrons. The lowest BCUT2D eigenvalue weighted by molar-refractivity contribution is -0.245. The van der Waals surface area contributed by atoms with Crippen LogP contribution in [0.4, 0.5) is 26.3 Å². The van der Waals surface area contributed by atoms with Gasteiger partial charge in [-0.25, -0.2) is 16.8 Å². The third kappa shape index (κ3) is 10.4. The van der Waals surface area contributed by atoms with Gasteiger partial charge in [-0.1, -0.05) is 144 Å². The summed E-state index contributed by atoms with van der Waals surface area (Å²) in [4.78, 5) is -1.05. The summed E-state index contributed by atoms with van der Waals surface area (Å²) in [5.41, 5.74) is 7.78. The van der Waals surface area contributed by atoms with E-state index in [4.69, 9.17) is 4.74 Å². The number of fused-ring (bicyclic) bond motifs is 2. The molecule has 0 saturated carbocycles. The monoisotopic (exact) mass is 1080 g/mol. The van der Waals surface area contributed by atoms with E-state index in [1.807, 2.05) is 56.3 Å². The quantitative estimate of drug-likeness (QED) is 0.0664. The summed E-state index contributed by atoms with van der Waals surface area (Å²) < 4.78 is 185. The molecule has 74 heavy (non-hydrogen) atoms. The molecule has 0 spiro atoms. The number of ether oxygens (including phenoxy) is 1. The molecule has 1 aliphatic rings. The molecule has 1 N–H and O–H groups in total. The Kier molecular flexibility index (Phi) is 15.6. The van der Waals surface area contributed by atoms with E-state index in [1.54, 1.807) is 43.3 Å². The normalized spacial score (nSPS) is 14.3. The summed E-state index contributed by atoms with van der Waals surface area (Å²) >= 11 is 0. The second-order valence-electron chi connectivity index (χ2n) is 19.5. The molecule has 1 heterocycles. The van der Waals surface area contributed by atoms with Crippen molar-refractivity contribution in [2.75, 3.05) is 0 Å². The fourth-order valence-electron chi connectivity index (χ4n) is 9.01. The van der Waals surface area contributed by atoms with Gasteiger partial charge in [0.05, 0.1) is 4.90 Å². The van der Waals surface area contributed by atoms with Gasteiger partial charge in [-0.3, -0.25) is 0 Å². The van der Waals surface area contributed by atoms with E-state index in [-0.39, 0.29) is 57.1 Å². The second kappa shape index (κ2) is 20.6. The van der Waals surface area contributed by atoms with Crippen LogP contribution >= 0.6 is 0 Å². The summed E-state index contributed by atoms with van der Waals surface area (Å²) in [5, 5.41) is -13.1. The number of alkyl halides is 6. The maximum absolute atomic E-state index is 15.8. The van der Waals surface area contributed by atoms with Gasteiger partial charge in [0.1, 0.15) is 17.2 Å². The zero-order valence-corrected chi connectivity index (χ0v) is 44.6. The fourth-order valence-corrected chi connectivity index (χ4v) is 13.1. The molecule has 0 bridgehead atoms. The third-order valence-electron chi connectivity index (χ3n) is 13.3. The van der Waals surface area contributed by atoms with Crippen molar-refractivity contribution in [3.05, 3.63) is 187 Å². The molecule has 0 saturated heterocycles. The average molecular weight is 1080 g/mol. The lowest BCUT2D eigenvalue weighted by Gasteiger charge is -2.31. The molecule has 6 aromatic carbocycles. The van der Waals surface area contributed by atoms with Crippen LogP contribution in [0.2, 0.25) is 0 Å². The summed E-state index contributed by atoms with van der Waals surface area (Å²) in [6.07, 6.45) is 3.06. The minimum Gasteiger partial charge on any atom is -0.456 e. The van der Waals surface area contributed by atoms with Crippen LogP contribution in [0, 0.1) is 6.92 Å². The van der Waals surface area contributed by atoms with Crippen LogP contribution in [0.15, 0.2) is 126 Å². The highest BCUT2D eigenvalue weighted by Gasteiger charge is 2.83. The Bertz CT molecular complexity index is 3570. The van der Waals surface area contributed by atoms with Crippen molar-refractivity contribution in [1.82, 2.24) is 4.13 Å². The van der Waals surface area contributed by atoms with Crippen molar-refractivity contribution in [3.63, 3.8) is 0 Å². The fraction of sp³-hybridized carbons (Fsp3) is 0.321. The van der Waals surface area contributed by atoms with E-state index in [0.29, 0.717) is 27.8 Å². The summed E-state index contributed by atoms with van der Waals surface area (Å²) in [6.45, 7) is 18.0. The smallest absolute Gasteiger partial charge is 0.450 e. The van der Waals surface area contributed by atoms with E-state index >= 15 is 26.3 Å². The van der Waals surface area contributed by atoms with Gasteiger partial charge in [0.15, 0.2) is 0 Å². The molecule has 7 rings (SSSR count). The van der Waals surface area contributed by atoms with Gasteiger partial charge in [0, 0.05) is 21.9 Å². The van der Waals surface area contributed by atoms with E-state index in [9.17, 15) is 25.3 Å². The number of sulfonamides is 2. The zero-order valence-electron chi connectivity index (χ0n) is 42.1. The van der Waals surface area contributed by atoms with Gasteiger partial charge in [-0.05, 0) is 136 Å². The number of benzene rings is 6. The van der Waals surface area contributed by atoms with E-state index in [2.05, 4.69) is 45.7 Å². The van der Waals surface area contributed by atoms with Crippen molar-refractivity contribution in [2.45, 2.75) is 120 Å². The van der Waals surface area contributed by atoms with E-state index in [0.717, 1.165) is 63.2 Å². The Hall–Kier alpha value is -5.95. The largest absolute Gasteiger partial charge is 0.456 e. The maximum atomic E-state index is 15.8. The highest BCUT2D eigenvalue weighted by atomic mass is 32.3. The molecular formula is C56H57F6NO8S3. The summed E-state index contributed by atoms with van der Waals surface area (Å²) in [6, 6.07) is 31.0. The van der Waals surface area contributed by atoms with Gasteiger partial charge < -0.3 is 8.92 Å². The minimum absolute atomic E-state index is 0.0889. The number of aryl methyl sites for hydroxylation is 1. The molecule has 18 heteroatoms. The molecule has 0 amide bonds. The van der Waals surface area contributed by atoms with Crippen molar-refractivity contribution in [1.29, 1.82) is 0 Å². The number of halogens is 6. The maximum Gasteiger partial charge on any atom is 0.450 e. The van der Waals surface area contributed by atoms with E-state index in [1.165, 1.54) is 24.3 Å². The molecular weight excluding hydrogens is 1020 g/mol. The molecule has 1 aliphatic heterocycles. The molecule has 6 aromatic rings. The topological polar surface area (TPSA) is 133 Å². The molecule has 0 aromatic heterocycles. The first-order valence-electron chi connectivity index (χ1n) is 23.9. The van der Waals surface area contributed by atoms with Crippen LogP contribution in [0.25, 0.3) is 11.6 Å². The van der Waals surface area contributed by atoms with Crippen LogP contribution in [-0.2, 0) is 36.6 Å². The summed E-state index contributed by atoms with van der Waals surface area (Å²) in [5.74, 6) is -7.51. The Labute approximate surface area is 429 Å². The molecule has 9 nitrogen and oxygen atoms in total. The Morgan fingerprint density at radius 2 is 1.23 bits per heavy atom. The van der Waals surface area contributed by atoms with Crippen LogP contribution in [-0.4, -0.2) is 41.7 Å². The standard InChI is InChI=1S/C56H57F6NO8S3/c1-10-36(8)40-23-25-41(26-24-40)71-74(68,69)56(61,62)54(57,58)55(59,60)73(66,67)63-72(64,65)52-20-12-11-16-47(52)53-45-27-21-38(29-48-37(9)15-13-17-42(48)33(2)3)31-50(45)70-51-32-39(22-28-46(51)53)30-49-43(34(4)5)18-14-19-44(49)35(6)7/h11-28,30-36,63H,10,29H2,1-9H3/b39-30+. The highest BCUT2D eigenvalue weighted by molar-refractivity contribution is 8.05. The lowest BCUT2D eigenvalue weighted by atomic mass is 9.87. The third-order valence-corrected chi connectivity index (χ3v) is 18.2. The highest BCUT2D eigenvalue weighted by Crippen LogP contribution is 2.51. The molecule has 0 aliphatic carbocycles. The SMILES string of the molecule is CCC(C)c1ccc(OS(=O)(=O)C(F)(F)C(F)(F)C(F)(F)S(=O)(=O)NS(=O)(=O)c2ccccc2C2=c3cc/c(=C\c4c(C(C)C)cccc4C(C)C)cc3Oc3cc(Cc4c(C)cccc4C(C)C)ccc32)cc1. The Balaban J connectivity index is 1.35. The van der Waals surface area contributed by atoms with Crippen molar-refractivity contribution < 1.29 is 60.5 Å². The van der Waals surface area contributed by atoms with E-state index < -0.39 is 57.2 Å². The Morgan fingerprint density at radius 3 is 1.84 bits per heavy atom. The van der Waals surface area contributed by atoms with Crippen molar-refractivity contribution in [2.24, 2.45) is 0 Å². The van der Waals surface area contributed by atoms with Gasteiger partial charge in [-0.2, -0.15) is 34.8 Å². The minimum atomic E-state index is -7.49. The lowest BCUT2D eigenvalue weighted by Crippen LogP contribution is -2.63. The predicted molar refractivity (Wildman–Crippen MR) is 275 cm³/mol. The zero-order chi connectivity index (χ0) is 54.5. The predicted octanol–water partition coefficient (Wildman–Crippen LogP) is 12.5. The van der Waals surface area contributed by atoms with Crippen LogP contribution < -0.4 is 23.5 Å². The molecule has 1 atom stereocenters.